The molecule has 0 amide bonds. The number of aryl methyl sites for hydroxylation is 2. The topological polar surface area (TPSA) is 8.17 Å². The van der Waals surface area contributed by atoms with Gasteiger partial charge in [-0.05, 0) is 61.9 Å². The minimum absolute atomic E-state index is 1.08. The zero-order chi connectivity index (χ0) is 20.4. The molecular formula is C27H26N2. The van der Waals surface area contributed by atoms with Crippen molar-refractivity contribution in [3.05, 3.63) is 109 Å². The number of para-hydroxylation sites is 2. The predicted molar refractivity (Wildman–Crippen MR) is 127 cm³/mol. The second-order valence-corrected chi connectivity index (χ2v) is 7.23. The lowest BCUT2D eigenvalue weighted by atomic mass is 10.1. The molecule has 0 atom stereocenters. The van der Waals surface area contributed by atoms with E-state index in [1.807, 2.05) is 19.1 Å². The molecule has 0 saturated heterocycles. The fraction of sp³-hybridized carbons (Fsp3) is 0.111. The van der Waals surface area contributed by atoms with Gasteiger partial charge >= 0.3 is 0 Å². The van der Waals surface area contributed by atoms with Crippen LogP contribution in [0.4, 0.5) is 11.4 Å². The number of hydrogen-bond acceptors (Lipinski definition) is 1. The lowest BCUT2D eigenvalue weighted by Crippen LogP contribution is -2.16. The largest absolute Gasteiger partial charge is 0.344 e. The van der Waals surface area contributed by atoms with Gasteiger partial charge in [0.2, 0.25) is 0 Å². The molecule has 4 aromatic rings. The fourth-order valence-corrected chi connectivity index (χ4v) is 4.04. The first kappa shape index (κ1) is 18.8. The zero-order valence-electron chi connectivity index (χ0n) is 17.3. The summed E-state index contributed by atoms with van der Waals surface area (Å²) in [7, 11) is 2.14. The molecule has 144 valence electrons. The molecule has 3 aromatic carbocycles. The fourth-order valence-electron chi connectivity index (χ4n) is 4.04. The van der Waals surface area contributed by atoms with E-state index in [2.05, 4.69) is 109 Å². The first-order valence-corrected chi connectivity index (χ1v) is 9.94. The maximum atomic E-state index is 3.93. The average Bonchev–Trinajstić information content (AvgIpc) is 3.01. The Morgan fingerprint density at radius 2 is 1.66 bits per heavy atom. The van der Waals surface area contributed by atoms with E-state index in [1.54, 1.807) is 0 Å². The smallest absolute Gasteiger partial charge is 0.0511 e. The molecule has 1 aromatic heterocycles. The van der Waals surface area contributed by atoms with Crippen molar-refractivity contribution in [3.8, 4) is 0 Å². The van der Waals surface area contributed by atoms with Crippen molar-refractivity contribution in [2.24, 2.45) is 7.05 Å². The monoisotopic (exact) mass is 378 g/mol. The van der Waals surface area contributed by atoms with Crippen LogP contribution in [-0.2, 0) is 7.05 Å². The van der Waals surface area contributed by atoms with Crippen molar-refractivity contribution in [1.82, 2.24) is 4.57 Å². The summed E-state index contributed by atoms with van der Waals surface area (Å²) >= 11 is 0. The van der Waals surface area contributed by atoms with Gasteiger partial charge in [-0.3, -0.25) is 0 Å². The zero-order valence-corrected chi connectivity index (χ0v) is 17.3. The van der Waals surface area contributed by atoms with E-state index in [1.165, 1.54) is 33.1 Å². The average molecular weight is 379 g/mol. The third-order valence-corrected chi connectivity index (χ3v) is 5.37. The van der Waals surface area contributed by atoms with Gasteiger partial charge in [-0.15, -0.1) is 0 Å². The molecule has 1 heterocycles. The normalized spacial score (nSPS) is 12.2. The minimum atomic E-state index is 1.08. The Morgan fingerprint density at radius 3 is 2.38 bits per heavy atom. The van der Waals surface area contributed by atoms with Crippen LogP contribution in [0.5, 0.6) is 0 Å². The summed E-state index contributed by atoms with van der Waals surface area (Å²) < 4.78 is 2.28. The number of rotatable bonds is 5. The molecule has 0 aliphatic rings. The minimum Gasteiger partial charge on any atom is -0.344 e. The highest BCUT2D eigenvalue weighted by molar-refractivity contribution is 6.09. The quantitative estimate of drug-likeness (QED) is 0.328. The lowest BCUT2D eigenvalue weighted by molar-refractivity contribution is 1.01. The molecular weight excluding hydrogens is 352 g/mol. The van der Waals surface area contributed by atoms with Crippen LogP contribution in [0.2, 0.25) is 0 Å². The summed E-state index contributed by atoms with van der Waals surface area (Å²) in [6, 6.07) is 23.7. The van der Waals surface area contributed by atoms with Gasteiger partial charge in [0.1, 0.15) is 0 Å². The van der Waals surface area contributed by atoms with Crippen LogP contribution in [0.1, 0.15) is 12.5 Å². The molecule has 0 unspecified atom stereocenters. The highest BCUT2D eigenvalue weighted by Gasteiger charge is 2.18. The lowest BCUT2D eigenvalue weighted by Gasteiger charge is -2.28. The van der Waals surface area contributed by atoms with Crippen LogP contribution in [0.3, 0.4) is 0 Å². The van der Waals surface area contributed by atoms with Gasteiger partial charge in [0.15, 0.2) is 0 Å². The molecule has 4 rings (SSSR count). The van der Waals surface area contributed by atoms with Gasteiger partial charge < -0.3 is 9.47 Å². The van der Waals surface area contributed by atoms with Crippen LogP contribution in [0.15, 0.2) is 103 Å². The standard InChI is InChI=1S/C27H26N2/c1-5-12-21(13-6-2)29(22-14-8-7-9-15-22)26-19-27-24(18-20(26)3)23-16-10-11-17-25(23)28(27)4/h5-19H,1H2,2-4H3/b13-6-,21-12+. The highest BCUT2D eigenvalue weighted by Crippen LogP contribution is 2.38. The van der Waals surface area contributed by atoms with E-state index in [-0.39, 0.29) is 0 Å². The van der Waals surface area contributed by atoms with E-state index in [0.29, 0.717) is 0 Å². The Labute approximate surface area is 172 Å². The second kappa shape index (κ2) is 7.84. The molecule has 0 aliphatic heterocycles. The SMILES string of the molecule is C=C/C=C(\C=C/C)N(c1ccccc1)c1cc2c(cc1C)c1ccccc1n2C. The Morgan fingerprint density at radius 1 is 0.931 bits per heavy atom. The molecule has 0 spiro atoms. The summed E-state index contributed by atoms with van der Waals surface area (Å²) in [5.41, 5.74) is 7.08. The summed E-state index contributed by atoms with van der Waals surface area (Å²) in [6.45, 7) is 8.16. The third-order valence-electron chi connectivity index (χ3n) is 5.37. The van der Waals surface area contributed by atoms with Crippen molar-refractivity contribution in [2.75, 3.05) is 4.90 Å². The molecule has 0 fully saturated rings. The first-order chi connectivity index (χ1) is 14.2. The Hall–Kier alpha value is -3.52. The van der Waals surface area contributed by atoms with Crippen molar-refractivity contribution in [2.45, 2.75) is 13.8 Å². The Kier molecular flexibility index (Phi) is 5.09. The molecule has 2 heteroatoms. The van der Waals surface area contributed by atoms with Crippen molar-refractivity contribution in [3.63, 3.8) is 0 Å². The van der Waals surface area contributed by atoms with E-state index >= 15 is 0 Å². The number of hydrogen-bond donors (Lipinski definition) is 0. The second-order valence-electron chi connectivity index (χ2n) is 7.23. The maximum Gasteiger partial charge on any atom is 0.0511 e. The highest BCUT2D eigenvalue weighted by atomic mass is 15.1. The Bertz CT molecular complexity index is 1240. The summed E-state index contributed by atoms with van der Waals surface area (Å²) in [6.07, 6.45) is 8.09. The summed E-state index contributed by atoms with van der Waals surface area (Å²) in [5.74, 6) is 0. The van der Waals surface area contributed by atoms with Gasteiger partial charge in [-0.25, -0.2) is 0 Å². The van der Waals surface area contributed by atoms with Crippen LogP contribution >= 0.6 is 0 Å². The number of fused-ring (bicyclic) bond motifs is 3. The number of anilines is 2. The number of aromatic nitrogens is 1. The maximum absolute atomic E-state index is 3.93. The molecule has 0 radical (unpaired) electrons. The van der Waals surface area contributed by atoms with Gasteiger partial charge in [-0.1, -0.05) is 55.1 Å². The van der Waals surface area contributed by atoms with E-state index < -0.39 is 0 Å². The van der Waals surface area contributed by atoms with Gasteiger partial charge in [-0.2, -0.15) is 0 Å². The first-order valence-electron chi connectivity index (χ1n) is 9.94. The van der Waals surface area contributed by atoms with Crippen molar-refractivity contribution < 1.29 is 0 Å². The van der Waals surface area contributed by atoms with E-state index in [4.69, 9.17) is 0 Å². The number of nitrogens with zero attached hydrogens (tertiary/aromatic N) is 2. The van der Waals surface area contributed by atoms with E-state index in [0.717, 1.165) is 11.4 Å². The van der Waals surface area contributed by atoms with Crippen LogP contribution in [0.25, 0.3) is 21.8 Å². The van der Waals surface area contributed by atoms with Crippen molar-refractivity contribution >= 4 is 33.2 Å². The van der Waals surface area contributed by atoms with E-state index in [9.17, 15) is 0 Å². The molecule has 29 heavy (non-hydrogen) atoms. The predicted octanol–water partition coefficient (Wildman–Crippen LogP) is 7.42. The van der Waals surface area contributed by atoms with Gasteiger partial charge in [0, 0.05) is 34.7 Å². The third kappa shape index (κ3) is 3.27. The van der Waals surface area contributed by atoms with Crippen LogP contribution in [0, 0.1) is 6.92 Å². The molecule has 0 aliphatic carbocycles. The molecule has 0 saturated carbocycles. The molecule has 0 bridgehead atoms. The van der Waals surface area contributed by atoms with Crippen molar-refractivity contribution in [1.29, 1.82) is 0 Å². The van der Waals surface area contributed by atoms with Gasteiger partial charge in [0.25, 0.3) is 0 Å². The summed E-state index contributed by atoms with van der Waals surface area (Å²) in [4.78, 5) is 2.30. The summed E-state index contributed by atoms with van der Waals surface area (Å²) in [5, 5.41) is 2.58. The molecule has 2 nitrogen and oxygen atoms in total. The number of allylic oxidation sites excluding steroid dienone is 4. The van der Waals surface area contributed by atoms with Crippen LogP contribution < -0.4 is 4.90 Å². The van der Waals surface area contributed by atoms with Gasteiger partial charge in [0.05, 0.1) is 11.2 Å². The Balaban J connectivity index is 2.03. The molecule has 0 N–H and O–H groups in total. The van der Waals surface area contributed by atoms with Crippen LogP contribution in [-0.4, -0.2) is 4.57 Å². The number of benzene rings is 3.